The van der Waals surface area contributed by atoms with E-state index in [1.165, 1.54) is 25.1 Å². The summed E-state index contributed by atoms with van der Waals surface area (Å²) >= 11 is 0. The fraction of sp³-hybridized carbons (Fsp3) is 0.571. The van der Waals surface area contributed by atoms with Crippen LogP contribution in [0.3, 0.4) is 0 Å². The molecule has 0 amide bonds. The van der Waals surface area contributed by atoms with Crippen molar-refractivity contribution in [2.45, 2.75) is 37.5 Å². The van der Waals surface area contributed by atoms with E-state index in [1.54, 1.807) is 6.07 Å². The van der Waals surface area contributed by atoms with E-state index in [9.17, 15) is 21.8 Å². The number of rotatable bonds is 3. The van der Waals surface area contributed by atoms with Crippen LogP contribution in [-0.4, -0.2) is 28.7 Å². The Morgan fingerprint density at radius 3 is 2.61 bits per heavy atom. The molecule has 1 fully saturated rings. The Kier molecular flexibility index (Phi) is 5.15. The Morgan fingerprint density at radius 2 is 2.00 bits per heavy atom. The highest BCUT2D eigenvalue weighted by molar-refractivity contribution is 7.99. The summed E-state index contributed by atoms with van der Waals surface area (Å²) in [7, 11) is -3.63. The lowest BCUT2D eigenvalue weighted by atomic mass is 9.95. The third-order valence-electron chi connectivity index (χ3n) is 3.84. The minimum absolute atomic E-state index is 0.117. The molecule has 9 heteroatoms. The van der Waals surface area contributed by atoms with E-state index >= 15 is 0 Å². The Labute approximate surface area is 133 Å². The molecule has 2 rings (SSSR count). The Morgan fingerprint density at radius 1 is 1.35 bits per heavy atom. The quantitative estimate of drug-likeness (QED) is 0.493. The van der Waals surface area contributed by atoms with Crippen molar-refractivity contribution in [3.63, 3.8) is 0 Å². The van der Waals surface area contributed by atoms with Gasteiger partial charge >= 0.3 is 6.18 Å². The average Bonchev–Trinajstić information content (AvgIpc) is 2.60. The molecule has 1 saturated heterocycles. The predicted octanol–water partition coefficient (Wildman–Crippen LogP) is 1.75. The summed E-state index contributed by atoms with van der Waals surface area (Å²) in [5.41, 5.74) is 4.83. The molecule has 2 atom stereocenters. The van der Waals surface area contributed by atoms with Crippen LogP contribution in [0.4, 0.5) is 17.6 Å². The number of hydrogen-bond acceptors (Lipinski definition) is 2. The first-order chi connectivity index (χ1) is 10.5. The lowest BCUT2D eigenvalue weighted by Crippen LogP contribution is -2.57. The summed E-state index contributed by atoms with van der Waals surface area (Å²) in [4.78, 5) is 0. The van der Waals surface area contributed by atoms with Crippen molar-refractivity contribution in [3.05, 3.63) is 35.6 Å². The fourth-order valence-electron chi connectivity index (χ4n) is 2.74. The van der Waals surface area contributed by atoms with Crippen LogP contribution in [0.5, 0.6) is 0 Å². The van der Waals surface area contributed by atoms with Gasteiger partial charge in [0.15, 0.2) is 0 Å². The number of halogens is 4. The Bertz CT molecular complexity index is 606. The van der Waals surface area contributed by atoms with Crippen molar-refractivity contribution >= 4 is 10.3 Å². The molecule has 0 aromatic heterocycles. The predicted molar refractivity (Wildman–Crippen MR) is 82.6 cm³/mol. The highest BCUT2D eigenvalue weighted by atomic mass is 32.3. The second-order valence-electron chi connectivity index (χ2n) is 6.07. The van der Waals surface area contributed by atoms with Gasteiger partial charge in [-0.15, -0.1) is 0 Å². The monoisotopic (exact) mass is 355 g/mol. The van der Waals surface area contributed by atoms with Crippen LogP contribution in [0.1, 0.15) is 25.3 Å². The van der Waals surface area contributed by atoms with Crippen LogP contribution < -0.4 is 15.2 Å². The first-order valence-electron chi connectivity index (χ1n) is 7.26. The van der Waals surface area contributed by atoms with Crippen molar-refractivity contribution < 1.29 is 21.8 Å². The van der Waals surface area contributed by atoms with E-state index in [4.69, 9.17) is 5.73 Å². The zero-order chi connectivity index (χ0) is 17.3. The lowest BCUT2D eigenvalue weighted by molar-refractivity contribution is -0.152. The second kappa shape index (κ2) is 6.46. The van der Waals surface area contributed by atoms with E-state index in [2.05, 4.69) is 9.44 Å². The number of benzene rings is 1. The van der Waals surface area contributed by atoms with Crippen molar-refractivity contribution in [1.82, 2.24) is 9.44 Å². The van der Waals surface area contributed by atoms with Crippen LogP contribution in [0.15, 0.2) is 24.3 Å². The molecule has 0 saturated carbocycles. The normalized spacial score (nSPS) is 26.1. The van der Waals surface area contributed by atoms with Crippen LogP contribution in [0.2, 0.25) is 0 Å². The number of nitrogens with two attached hydrogens (primary N) is 1. The molecule has 0 bridgehead atoms. The molecule has 0 radical (unpaired) electrons. The molecule has 1 aliphatic rings. The molecule has 1 aliphatic heterocycles. The standard InChI is InChI=1S/C14H21F4N3OS/c1-13(19,10-5-2-3-6-11(10)15)9-23(22)20-8-4-7-12(21-23)14(16,17)18/h2-3,5-6,12,23H,4,7-9,19H2,1H3,(H2,20,21,22)/t12-,13-/m0/s1. The summed E-state index contributed by atoms with van der Waals surface area (Å²) in [6, 6.07) is 3.86. The van der Waals surface area contributed by atoms with Gasteiger partial charge < -0.3 is 5.73 Å². The van der Waals surface area contributed by atoms with Crippen molar-refractivity contribution in [1.29, 1.82) is 0 Å². The van der Waals surface area contributed by atoms with E-state index in [1.807, 2.05) is 0 Å². The van der Waals surface area contributed by atoms with Gasteiger partial charge in [-0.25, -0.2) is 13.8 Å². The molecule has 0 unspecified atom stereocenters. The van der Waals surface area contributed by atoms with Crippen LogP contribution in [0, 0.1) is 5.82 Å². The molecule has 1 aromatic rings. The smallest absolute Gasteiger partial charge is 0.321 e. The number of hydrogen-bond donors (Lipinski definition) is 4. The van der Waals surface area contributed by atoms with Gasteiger partial charge in [0.1, 0.15) is 11.9 Å². The second-order valence-corrected chi connectivity index (χ2v) is 8.44. The molecular formula is C14H21F4N3OS. The molecule has 4 nitrogen and oxygen atoms in total. The van der Waals surface area contributed by atoms with Gasteiger partial charge in [0.05, 0.1) is 5.54 Å². The fourth-order valence-corrected chi connectivity index (χ4v) is 5.43. The molecule has 0 spiro atoms. The summed E-state index contributed by atoms with van der Waals surface area (Å²) in [5.74, 6) is -0.903. The third-order valence-corrected chi connectivity index (χ3v) is 6.40. The SMILES string of the molecule is C[C@](N)(C[SH]1(=O)NCCC[C@@H](C(F)(F)F)N1)c1ccccc1F. The molecular weight excluding hydrogens is 334 g/mol. The summed E-state index contributed by atoms with van der Waals surface area (Å²) in [5, 5.41) is 0. The molecule has 1 aromatic carbocycles. The maximum Gasteiger partial charge on any atom is 0.404 e. The number of nitrogens with one attached hydrogen (secondary N) is 2. The Balaban J connectivity index is 2.25. The summed E-state index contributed by atoms with van der Waals surface area (Å²) < 4.78 is 70.6. The van der Waals surface area contributed by atoms with E-state index in [0.29, 0.717) is 0 Å². The summed E-state index contributed by atoms with van der Waals surface area (Å²) in [6.45, 7) is 1.64. The molecule has 4 N–H and O–H groups in total. The van der Waals surface area contributed by atoms with Crippen molar-refractivity contribution in [2.75, 3.05) is 12.3 Å². The lowest BCUT2D eigenvalue weighted by Gasteiger charge is -2.36. The van der Waals surface area contributed by atoms with Crippen molar-refractivity contribution in [2.24, 2.45) is 5.73 Å². The molecule has 0 aliphatic carbocycles. The van der Waals surface area contributed by atoms with Crippen molar-refractivity contribution in [3.8, 4) is 0 Å². The third kappa shape index (κ3) is 4.50. The van der Waals surface area contributed by atoms with Gasteiger partial charge in [-0.05, 0) is 36.1 Å². The molecule has 23 heavy (non-hydrogen) atoms. The van der Waals surface area contributed by atoms with Crippen LogP contribution in [-0.2, 0) is 15.8 Å². The highest BCUT2D eigenvalue weighted by Gasteiger charge is 2.44. The van der Waals surface area contributed by atoms with Gasteiger partial charge in [0.2, 0.25) is 0 Å². The molecule has 132 valence electrons. The van der Waals surface area contributed by atoms with Gasteiger partial charge in [-0.1, -0.05) is 18.2 Å². The van der Waals surface area contributed by atoms with Gasteiger partial charge in [0.25, 0.3) is 0 Å². The minimum Gasteiger partial charge on any atom is -0.321 e. The van der Waals surface area contributed by atoms with Crippen LogP contribution >= 0.6 is 0 Å². The van der Waals surface area contributed by atoms with Crippen LogP contribution in [0.25, 0.3) is 0 Å². The van der Waals surface area contributed by atoms with E-state index in [-0.39, 0.29) is 30.7 Å². The van der Waals surface area contributed by atoms with Gasteiger partial charge in [-0.2, -0.15) is 13.2 Å². The zero-order valence-electron chi connectivity index (χ0n) is 12.7. The van der Waals surface area contributed by atoms with Gasteiger partial charge in [-0.3, -0.25) is 4.21 Å². The topological polar surface area (TPSA) is 67.2 Å². The average molecular weight is 355 g/mol. The van der Waals surface area contributed by atoms with Gasteiger partial charge in [0, 0.05) is 17.9 Å². The largest absolute Gasteiger partial charge is 0.404 e. The molecule has 1 heterocycles. The Hall–Kier alpha value is -1.03. The zero-order valence-corrected chi connectivity index (χ0v) is 13.6. The maximum atomic E-state index is 13.9. The minimum atomic E-state index is -4.50. The number of alkyl halides is 3. The first-order valence-corrected chi connectivity index (χ1v) is 9.15. The maximum absolute atomic E-state index is 13.9. The summed E-state index contributed by atoms with van der Waals surface area (Å²) in [6.07, 6.45) is -4.42. The highest BCUT2D eigenvalue weighted by Crippen LogP contribution is 2.29. The first kappa shape index (κ1) is 18.3. The number of thiol groups is 1. The van der Waals surface area contributed by atoms with E-state index < -0.39 is 33.9 Å². The van der Waals surface area contributed by atoms with E-state index in [0.717, 1.165) is 0 Å².